The minimum absolute atomic E-state index is 0. The number of halogens is 1. The molecule has 0 spiro atoms. The molecule has 0 amide bonds. The van der Waals surface area contributed by atoms with E-state index < -0.39 is 0 Å². The Morgan fingerprint density at radius 2 is 2.07 bits per heavy atom. The van der Waals surface area contributed by atoms with E-state index in [-0.39, 0.29) is 24.7 Å². The fourth-order valence-electron chi connectivity index (χ4n) is 1.40. The topological polar surface area (TPSA) is 61.6 Å². The first kappa shape index (κ1) is 11.8. The lowest BCUT2D eigenvalue weighted by atomic mass is 10.1. The highest BCUT2D eigenvalue weighted by molar-refractivity contribution is 6.00. The molecule has 0 aliphatic carbocycles. The van der Waals surface area contributed by atoms with Crippen molar-refractivity contribution in [3.05, 3.63) is 23.8 Å². The van der Waals surface area contributed by atoms with Crippen molar-refractivity contribution in [1.82, 2.24) is 0 Å². The summed E-state index contributed by atoms with van der Waals surface area (Å²) < 4.78 is 10.7. The molecule has 1 aromatic rings. The summed E-state index contributed by atoms with van der Waals surface area (Å²) in [5.41, 5.74) is 5.80. The minimum atomic E-state index is -0.132. The Morgan fingerprint density at radius 3 is 2.80 bits per heavy atom. The van der Waals surface area contributed by atoms with Crippen LogP contribution in [0.3, 0.4) is 0 Å². The zero-order valence-electron chi connectivity index (χ0n) is 8.06. The number of para-hydroxylation sites is 1. The van der Waals surface area contributed by atoms with Crippen molar-refractivity contribution in [2.24, 2.45) is 5.73 Å². The monoisotopic (exact) mass is 229 g/mol. The second kappa shape index (κ2) is 5.00. The Hall–Kier alpha value is -1.26. The molecule has 4 nitrogen and oxygen atoms in total. The van der Waals surface area contributed by atoms with Gasteiger partial charge in [-0.25, -0.2) is 0 Å². The van der Waals surface area contributed by atoms with E-state index in [4.69, 9.17) is 15.2 Å². The predicted molar refractivity (Wildman–Crippen MR) is 58.1 cm³/mol. The van der Waals surface area contributed by atoms with Crippen LogP contribution in [-0.4, -0.2) is 25.5 Å². The quantitative estimate of drug-likeness (QED) is 0.770. The lowest BCUT2D eigenvalue weighted by molar-refractivity contribution is 0.0990. The smallest absolute Gasteiger partial charge is 0.180 e. The summed E-state index contributed by atoms with van der Waals surface area (Å²) in [5, 5.41) is 0. The van der Waals surface area contributed by atoms with Gasteiger partial charge in [-0.1, -0.05) is 6.07 Å². The van der Waals surface area contributed by atoms with Crippen molar-refractivity contribution in [3.8, 4) is 11.5 Å². The summed E-state index contributed by atoms with van der Waals surface area (Å²) in [7, 11) is 0. The molecule has 0 unspecified atom stereocenters. The Balaban J connectivity index is 0.00000112. The van der Waals surface area contributed by atoms with E-state index in [0.717, 1.165) is 0 Å². The zero-order valence-corrected chi connectivity index (χ0v) is 8.88. The third-order valence-corrected chi connectivity index (χ3v) is 2.05. The van der Waals surface area contributed by atoms with Crippen molar-refractivity contribution in [3.63, 3.8) is 0 Å². The molecule has 1 aliphatic rings. The second-order valence-electron chi connectivity index (χ2n) is 2.96. The summed E-state index contributed by atoms with van der Waals surface area (Å²) in [6.07, 6.45) is 0. The molecule has 15 heavy (non-hydrogen) atoms. The molecule has 5 heteroatoms. The number of benzene rings is 1. The van der Waals surface area contributed by atoms with Crippen molar-refractivity contribution in [2.45, 2.75) is 0 Å². The molecule has 2 rings (SSSR count). The third-order valence-electron chi connectivity index (χ3n) is 2.05. The number of Topliss-reactive ketones (excluding diaryl/α,β-unsaturated/α-hetero) is 1. The van der Waals surface area contributed by atoms with Crippen LogP contribution < -0.4 is 15.2 Å². The average Bonchev–Trinajstić information content (AvgIpc) is 2.27. The van der Waals surface area contributed by atoms with Gasteiger partial charge in [0.2, 0.25) is 0 Å². The lowest BCUT2D eigenvalue weighted by Crippen LogP contribution is -2.20. The Labute approximate surface area is 93.8 Å². The van der Waals surface area contributed by atoms with Crippen molar-refractivity contribution in [1.29, 1.82) is 0 Å². The van der Waals surface area contributed by atoms with Gasteiger partial charge in [-0.15, -0.1) is 12.4 Å². The molecule has 0 radical (unpaired) electrons. The number of hydrogen-bond acceptors (Lipinski definition) is 4. The number of nitrogens with two attached hydrogens (primary N) is 1. The molecule has 0 saturated carbocycles. The van der Waals surface area contributed by atoms with Gasteiger partial charge in [0.1, 0.15) is 13.2 Å². The van der Waals surface area contributed by atoms with Crippen LogP contribution in [0.4, 0.5) is 0 Å². The molecular formula is C10H12ClNO3. The highest BCUT2D eigenvalue weighted by Crippen LogP contribution is 2.33. The highest BCUT2D eigenvalue weighted by atomic mass is 35.5. The van der Waals surface area contributed by atoms with Gasteiger partial charge in [0.15, 0.2) is 17.3 Å². The summed E-state index contributed by atoms with van der Waals surface area (Å²) in [6.45, 7) is 0.981. The van der Waals surface area contributed by atoms with Crippen molar-refractivity contribution >= 4 is 18.2 Å². The number of ether oxygens (including phenoxy) is 2. The maximum atomic E-state index is 11.4. The fourth-order valence-corrected chi connectivity index (χ4v) is 1.40. The van der Waals surface area contributed by atoms with E-state index in [1.54, 1.807) is 18.2 Å². The fraction of sp³-hybridized carbons (Fsp3) is 0.300. The van der Waals surface area contributed by atoms with Gasteiger partial charge >= 0.3 is 0 Å². The van der Waals surface area contributed by atoms with E-state index in [1.807, 2.05) is 0 Å². The molecule has 0 fully saturated rings. The summed E-state index contributed by atoms with van der Waals surface area (Å²) >= 11 is 0. The van der Waals surface area contributed by atoms with Crippen molar-refractivity contribution in [2.75, 3.05) is 19.8 Å². The van der Waals surface area contributed by atoms with Crippen LogP contribution in [0, 0.1) is 0 Å². The molecule has 0 atom stereocenters. The molecule has 2 N–H and O–H groups in total. The second-order valence-corrected chi connectivity index (χ2v) is 2.96. The van der Waals surface area contributed by atoms with E-state index in [0.29, 0.717) is 30.3 Å². The first-order valence-electron chi connectivity index (χ1n) is 4.45. The number of ketones is 1. The van der Waals surface area contributed by atoms with Crippen LogP contribution in [0.15, 0.2) is 18.2 Å². The molecule has 1 heterocycles. The van der Waals surface area contributed by atoms with Gasteiger partial charge in [0.25, 0.3) is 0 Å². The molecule has 0 saturated heterocycles. The number of carbonyl (C=O) groups is 1. The molecule has 82 valence electrons. The molecule has 1 aliphatic heterocycles. The SMILES string of the molecule is Cl.NCC(=O)c1cccc2c1OCCO2. The van der Waals surface area contributed by atoms with Crippen LogP contribution in [0.25, 0.3) is 0 Å². The largest absolute Gasteiger partial charge is 0.486 e. The minimum Gasteiger partial charge on any atom is -0.486 e. The maximum Gasteiger partial charge on any atom is 0.180 e. The normalized spacial score (nSPS) is 12.9. The first-order chi connectivity index (χ1) is 6.83. The summed E-state index contributed by atoms with van der Waals surface area (Å²) in [6, 6.07) is 5.24. The number of fused-ring (bicyclic) bond motifs is 1. The summed E-state index contributed by atoms with van der Waals surface area (Å²) in [4.78, 5) is 11.4. The zero-order chi connectivity index (χ0) is 9.97. The van der Waals surface area contributed by atoms with Crippen LogP contribution in [-0.2, 0) is 0 Å². The van der Waals surface area contributed by atoms with E-state index >= 15 is 0 Å². The van der Waals surface area contributed by atoms with E-state index in [1.165, 1.54) is 0 Å². The number of hydrogen-bond donors (Lipinski definition) is 1. The first-order valence-corrected chi connectivity index (χ1v) is 4.45. The summed E-state index contributed by atoms with van der Waals surface area (Å²) in [5.74, 6) is 1.01. The molecule has 0 aromatic heterocycles. The van der Waals surface area contributed by atoms with Gasteiger partial charge in [-0.2, -0.15) is 0 Å². The van der Waals surface area contributed by atoms with Gasteiger partial charge in [-0.05, 0) is 12.1 Å². The van der Waals surface area contributed by atoms with Gasteiger partial charge in [-0.3, -0.25) is 4.79 Å². The Bertz CT molecular complexity index is 368. The Morgan fingerprint density at radius 1 is 1.33 bits per heavy atom. The number of carbonyl (C=O) groups excluding carboxylic acids is 1. The van der Waals surface area contributed by atoms with Gasteiger partial charge < -0.3 is 15.2 Å². The molecular weight excluding hydrogens is 218 g/mol. The maximum absolute atomic E-state index is 11.4. The van der Waals surface area contributed by atoms with Crippen LogP contribution in [0.2, 0.25) is 0 Å². The van der Waals surface area contributed by atoms with E-state index in [2.05, 4.69) is 0 Å². The van der Waals surface area contributed by atoms with Gasteiger partial charge in [0.05, 0.1) is 12.1 Å². The van der Waals surface area contributed by atoms with Gasteiger partial charge in [0, 0.05) is 0 Å². The number of rotatable bonds is 2. The third kappa shape index (κ3) is 2.22. The van der Waals surface area contributed by atoms with Crippen LogP contribution in [0.1, 0.15) is 10.4 Å². The Kier molecular flexibility index (Phi) is 3.94. The van der Waals surface area contributed by atoms with Crippen LogP contribution in [0.5, 0.6) is 11.5 Å². The lowest BCUT2D eigenvalue weighted by Gasteiger charge is -2.20. The van der Waals surface area contributed by atoms with E-state index in [9.17, 15) is 4.79 Å². The average molecular weight is 230 g/mol. The standard InChI is InChI=1S/C10H11NO3.ClH/c11-6-8(12)7-2-1-3-9-10(7)14-5-4-13-9;/h1-3H,4-6,11H2;1H. The highest BCUT2D eigenvalue weighted by Gasteiger charge is 2.18. The van der Waals surface area contributed by atoms with Crippen molar-refractivity contribution < 1.29 is 14.3 Å². The molecule has 1 aromatic carbocycles. The van der Waals surface area contributed by atoms with Crippen LogP contribution >= 0.6 is 12.4 Å². The predicted octanol–water partition coefficient (Wildman–Crippen LogP) is 1.02. The molecule has 0 bridgehead atoms.